The van der Waals surface area contributed by atoms with Gasteiger partial charge in [0.2, 0.25) is 0 Å². The Morgan fingerprint density at radius 2 is 1.77 bits per heavy atom. The summed E-state index contributed by atoms with van der Waals surface area (Å²) in [5, 5.41) is 0.547. The monoisotopic (exact) mass is 473 g/mol. The lowest BCUT2D eigenvalue weighted by atomic mass is 10.2. The summed E-state index contributed by atoms with van der Waals surface area (Å²) < 4.78 is 30.2. The van der Waals surface area contributed by atoms with Gasteiger partial charge in [-0.3, -0.25) is 18.9 Å². The van der Waals surface area contributed by atoms with E-state index in [-0.39, 0.29) is 27.6 Å². The standard InChI is InChI=1S/C21H16ClN3O4S2/c22-16-7-3-1-5-13(16)12-25-18-10-9-14(11-19(18)30-21(25)27)31(28,29)24-17-8-4-2-6-15(17)20(23)26/h1-11,24H,12H2,(H2,23,26). The number of halogens is 1. The number of anilines is 1. The Morgan fingerprint density at radius 3 is 2.52 bits per heavy atom. The molecule has 1 heterocycles. The summed E-state index contributed by atoms with van der Waals surface area (Å²) in [6.07, 6.45) is 0. The van der Waals surface area contributed by atoms with Crippen LogP contribution >= 0.6 is 22.9 Å². The summed E-state index contributed by atoms with van der Waals surface area (Å²) in [4.78, 5) is 23.9. The van der Waals surface area contributed by atoms with Gasteiger partial charge >= 0.3 is 4.87 Å². The highest BCUT2D eigenvalue weighted by molar-refractivity contribution is 7.92. The van der Waals surface area contributed by atoms with Gasteiger partial charge in [-0.05, 0) is 42.0 Å². The van der Waals surface area contributed by atoms with Crippen LogP contribution in [-0.2, 0) is 16.6 Å². The SMILES string of the molecule is NC(=O)c1ccccc1NS(=O)(=O)c1ccc2c(c1)sc(=O)n2Cc1ccccc1Cl. The van der Waals surface area contributed by atoms with Crippen LogP contribution in [-0.4, -0.2) is 18.9 Å². The number of thiazole rings is 1. The fourth-order valence-electron chi connectivity index (χ4n) is 3.15. The number of hydrogen-bond acceptors (Lipinski definition) is 5. The van der Waals surface area contributed by atoms with Gasteiger partial charge in [0.15, 0.2) is 0 Å². The van der Waals surface area contributed by atoms with E-state index >= 15 is 0 Å². The summed E-state index contributed by atoms with van der Waals surface area (Å²) in [6, 6.07) is 17.7. The number of carbonyl (C=O) groups excluding carboxylic acids is 1. The third kappa shape index (κ3) is 4.20. The van der Waals surface area contributed by atoms with E-state index in [2.05, 4.69) is 4.72 Å². The molecule has 0 atom stereocenters. The maximum absolute atomic E-state index is 12.9. The van der Waals surface area contributed by atoms with Crippen molar-refractivity contribution < 1.29 is 13.2 Å². The van der Waals surface area contributed by atoms with E-state index in [9.17, 15) is 18.0 Å². The van der Waals surface area contributed by atoms with Crippen LogP contribution in [0.1, 0.15) is 15.9 Å². The molecule has 31 heavy (non-hydrogen) atoms. The van der Waals surface area contributed by atoms with Gasteiger partial charge in [0.25, 0.3) is 15.9 Å². The summed E-state index contributed by atoms with van der Waals surface area (Å²) in [7, 11) is -4.01. The summed E-state index contributed by atoms with van der Waals surface area (Å²) >= 11 is 7.16. The normalized spacial score (nSPS) is 11.5. The van der Waals surface area contributed by atoms with Crippen molar-refractivity contribution in [2.75, 3.05) is 4.72 Å². The number of hydrogen-bond donors (Lipinski definition) is 2. The van der Waals surface area contributed by atoms with Crippen molar-refractivity contribution in [3.05, 3.63) is 92.5 Å². The average Bonchev–Trinajstić information content (AvgIpc) is 3.04. The molecule has 0 fully saturated rings. The predicted octanol–water partition coefficient (Wildman–Crippen LogP) is 3.66. The first-order valence-electron chi connectivity index (χ1n) is 9.05. The zero-order valence-corrected chi connectivity index (χ0v) is 18.3. The molecule has 0 aliphatic carbocycles. The van der Waals surface area contributed by atoms with Crippen LogP contribution in [0.25, 0.3) is 10.2 Å². The van der Waals surface area contributed by atoms with Crippen molar-refractivity contribution in [2.24, 2.45) is 5.73 Å². The molecule has 4 rings (SSSR count). The van der Waals surface area contributed by atoms with Crippen LogP contribution in [0.4, 0.5) is 5.69 Å². The largest absolute Gasteiger partial charge is 0.366 e. The van der Waals surface area contributed by atoms with Gasteiger partial charge in [0.1, 0.15) is 0 Å². The van der Waals surface area contributed by atoms with E-state index in [0.29, 0.717) is 15.2 Å². The number of carbonyl (C=O) groups is 1. The van der Waals surface area contributed by atoms with Crippen LogP contribution < -0.4 is 15.3 Å². The number of nitrogens with zero attached hydrogens (tertiary/aromatic N) is 1. The third-order valence-electron chi connectivity index (χ3n) is 4.67. The Hall–Kier alpha value is -3.14. The zero-order valence-electron chi connectivity index (χ0n) is 15.9. The van der Waals surface area contributed by atoms with Gasteiger partial charge in [-0.1, -0.05) is 53.3 Å². The van der Waals surface area contributed by atoms with Gasteiger partial charge in [-0.2, -0.15) is 0 Å². The number of amides is 1. The fourth-order valence-corrected chi connectivity index (χ4v) is 5.46. The Labute approximate surface area is 186 Å². The van der Waals surface area contributed by atoms with Gasteiger partial charge in [-0.25, -0.2) is 8.42 Å². The number of benzene rings is 3. The molecule has 0 radical (unpaired) electrons. The van der Waals surface area contributed by atoms with Crippen molar-refractivity contribution in [1.29, 1.82) is 0 Å². The zero-order chi connectivity index (χ0) is 22.2. The number of aromatic nitrogens is 1. The molecule has 0 saturated heterocycles. The first-order chi connectivity index (χ1) is 14.8. The summed E-state index contributed by atoms with van der Waals surface area (Å²) in [5.74, 6) is -0.747. The van der Waals surface area contributed by atoms with Crippen LogP contribution in [0.5, 0.6) is 0 Å². The molecule has 0 aliphatic heterocycles. The molecule has 1 amide bonds. The van der Waals surface area contributed by atoms with E-state index in [1.807, 2.05) is 12.1 Å². The van der Waals surface area contributed by atoms with Crippen molar-refractivity contribution in [1.82, 2.24) is 4.57 Å². The number of nitrogens with two attached hydrogens (primary N) is 1. The Kier molecular flexibility index (Phi) is 5.57. The third-order valence-corrected chi connectivity index (χ3v) is 7.35. The first kappa shape index (κ1) is 21.1. The number of rotatable bonds is 6. The lowest BCUT2D eigenvalue weighted by Gasteiger charge is -2.11. The van der Waals surface area contributed by atoms with E-state index in [1.165, 1.54) is 24.3 Å². The predicted molar refractivity (Wildman–Crippen MR) is 122 cm³/mol. The van der Waals surface area contributed by atoms with Crippen molar-refractivity contribution in [3.8, 4) is 0 Å². The van der Waals surface area contributed by atoms with E-state index < -0.39 is 15.9 Å². The summed E-state index contributed by atoms with van der Waals surface area (Å²) in [6.45, 7) is 0.273. The fraction of sp³-hybridized carbons (Fsp3) is 0.0476. The molecule has 0 saturated carbocycles. The molecule has 0 bridgehead atoms. The van der Waals surface area contributed by atoms with Crippen LogP contribution in [0.3, 0.4) is 0 Å². The molecule has 3 aromatic carbocycles. The number of fused-ring (bicyclic) bond motifs is 1. The second-order valence-corrected chi connectivity index (χ2v) is 9.77. The molecule has 158 valence electrons. The maximum Gasteiger partial charge on any atom is 0.308 e. The van der Waals surface area contributed by atoms with Gasteiger partial charge in [0.05, 0.1) is 32.9 Å². The van der Waals surface area contributed by atoms with Crippen molar-refractivity contribution in [2.45, 2.75) is 11.4 Å². The topological polar surface area (TPSA) is 111 Å². The second-order valence-electron chi connectivity index (χ2n) is 6.69. The molecule has 10 heteroatoms. The molecular weight excluding hydrogens is 458 g/mol. The lowest BCUT2D eigenvalue weighted by molar-refractivity contribution is 0.100. The smallest absolute Gasteiger partial charge is 0.308 e. The maximum atomic E-state index is 12.9. The minimum atomic E-state index is -4.01. The molecule has 7 nitrogen and oxygen atoms in total. The highest BCUT2D eigenvalue weighted by Gasteiger charge is 2.19. The minimum Gasteiger partial charge on any atom is -0.366 e. The summed E-state index contributed by atoms with van der Waals surface area (Å²) in [5.41, 5.74) is 6.85. The van der Waals surface area contributed by atoms with Gasteiger partial charge < -0.3 is 5.73 Å². The Bertz CT molecular complexity index is 1480. The van der Waals surface area contributed by atoms with Gasteiger partial charge in [-0.15, -0.1) is 0 Å². The highest BCUT2D eigenvalue weighted by Crippen LogP contribution is 2.26. The van der Waals surface area contributed by atoms with Crippen LogP contribution in [0.2, 0.25) is 5.02 Å². The molecule has 3 N–H and O–H groups in total. The van der Waals surface area contributed by atoms with E-state index in [1.54, 1.807) is 34.9 Å². The number of para-hydroxylation sites is 1. The van der Waals surface area contributed by atoms with Crippen LogP contribution in [0.15, 0.2) is 76.4 Å². The molecule has 1 aromatic heterocycles. The number of sulfonamides is 1. The lowest BCUT2D eigenvalue weighted by Crippen LogP contribution is -2.18. The molecule has 0 spiro atoms. The minimum absolute atomic E-state index is 0.0367. The van der Waals surface area contributed by atoms with Crippen molar-refractivity contribution >= 4 is 54.8 Å². The van der Waals surface area contributed by atoms with Gasteiger partial charge in [0, 0.05) is 5.02 Å². The molecule has 0 aliphatic rings. The Morgan fingerprint density at radius 1 is 1.06 bits per heavy atom. The molecule has 0 unspecified atom stereocenters. The quantitative estimate of drug-likeness (QED) is 0.445. The molecule has 4 aromatic rings. The van der Waals surface area contributed by atoms with E-state index in [0.717, 1.165) is 16.9 Å². The van der Waals surface area contributed by atoms with Crippen LogP contribution in [0, 0.1) is 0 Å². The first-order valence-corrected chi connectivity index (χ1v) is 11.7. The van der Waals surface area contributed by atoms with Crippen molar-refractivity contribution in [3.63, 3.8) is 0 Å². The average molecular weight is 474 g/mol. The van der Waals surface area contributed by atoms with E-state index in [4.69, 9.17) is 17.3 Å². The molecular formula is C21H16ClN3O4S2. The number of nitrogens with one attached hydrogen (secondary N) is 1. The second kappa shape index (κ2) is 8.18. The number of primary amides is 1. The highest BCUT2D eigenvalue weighted by atomic mass is 35.5. The Balaban J connectivity index is 1.71.